The van der Waals surface area contributed by atoms with E-state index in [0.717, 1.165) is 0 Å². The van der Waals surface area contributed by atoms with Crippen LogP contribution in [0.1, 0.15) is 0 Å². The van der Waals surface area contributed by atoms with Crippen molar-refractivity contribution >= 4 is 44.8 Å². The molecule has 0 heterocycles. The Labute approximate surface area is 64.0 Å². The molecule has 0 rings (SSSR count). The molecular formula is H6BO4PbSi. The molecular weight excluding hydrogens is 310 g/mol. The van der Waals surface area contributed by atoms with E-state index in [9.17, 15) is 0 Å². The van der Waals surface area contributed by atoms with Crippen molar-refractivity contribution in [3.05, 3.63) is 0 Å². The van der Waals surface area contributed by atoms with Gasteiger partial charge in [-0.2, -0.15) is 0 Å². The van der Waals surface area contributed by atoms with Gasteiger partial charge in [-0.3, -0.25) is 0 Å². The van der Waals surface area contributed by atoms with Gasteiger partial charge < -0.3 is 19.2 Å². The number of rotatable bonds is 0. The van der Waals surface area contributed by atoms with Crippen LogP contribution in [0.5, 0.6) is 0 Å². The third kappa shape index (κ3) is 164. The Bertz CT molecular complexity index is 27.2. The zero-order valence-electron chi connectivity index (χ0n) is 3.57. The number of hydrogen-bond acceptors (Lipinski definition) is 4. The molecule has 0 spiro atoms. The summed E-state index contributed by atoms with van der Waals surface area (Å²) < 4.78 is 0. The third-order valence-electron chi connectivity index (χ3n) is 0. The van der Waals surface area contributed by atoms with Crippen molar-refractivity contribution in [3.8, 4) is 0 Å². The molecule has 0 unspecified atom stereocenters. The molecule has 7 heavy (non-hydrogen) atoms. The van der Waals surface area contributed by atoms with Crippen LogP contribution in [0.15, 0.2) is 0 Å². The summed E-state index contributed by atoms with van der Waals surface area (Å²) in [6.45, 7) is 0. The second-order valence-electron chi connectivity index (χ2n) is 0.600. The average Bonchev–Trinajstić information content (AvgIpc) is 0.722. The van der Waals surface area contributed by atoms with E-state index in [-0.39, 0.29) is 35.7 Å². The van der Waals surface area contributed by atoms with Crippen LogP contribution in [0.2, 0.25) is 0 Å². The fourth-order valence-corrected chi connectivity index (χ4v) is 0. The summed E-state index contributed by atoms with van der Waals surface area (Å²) in [5, 5.41) is 0. The molecule has 0 saturated carbocycles. The zero-order chi connectivity index (χ0) is 4.50. The molecule has 0 saturated heterocycles. The van der Waals surface area contributed by atoms with Gasteiger partial charge in [0, 0.05) is 8.41 Å². The van der Waals surface area contributed by atoms with E-state index in [1.165, 1.54) is 0 Å². The van der Waals surface area contributed by atoms with Crippen molar-refractivity contribution in [3.63, 3.8) is 0 Å². The van der Waals surface area contributed by atoms with Crippen molar-refractivity contribution in [2.75, 3.05) is 0 Å². The van der Waals surface area contributed by atoms with E-state index in [4.69, 9.17) is 19.2 Å². The second kappa shape index (κ2) is 5.19. The zero-order valence-corrected chi connectivity index (χ0v) is 10.1. The van der Waals surface area contributed by atoms with E-state index >= 15 is 0 Å². The summed E-state index contributed by atoms with van der Waals surface area (Å²) in [4.78, 5) is 29.3. The van der Waals surface area contributed by atoms with Gasteiger partial charge in [0.2, 0.25) is 0 Å². The quantitative estimate of drug-likeness (QED) is 0.345. The van der Waals surface area contributed by atoms with Crippen LogP contribution < -0.4 is 0 Å². The van der Waals surface area contributed by atoms with Gasteiger partial charge in [0.05, 0.1) is 0 Å². The van der Waals surface area contributed by atoms with Gasteiger partial charge in [0.1, 0.15) is 0 Å². The second-order valence-corrected chi connectivity index (χ2v) is 1.80. The molecule has 4 N–H and O–H groups in total. The molecule has 5 radical (unpaired) electrons. The van der Waals surface area contributed by atoms with Crippen LogP contribution in [0.3, 0.4) is 0 Å². The number of hydrogen-bond donors (Lipinski definition) is 4. The van der Waals surface area contributed by atoms with Gasteiger partial charge in [0.25, 0.3) is 0 Å². The summed E-state index contributed by atoms with van der Waals surface area (Å²) in [6, 6.07) is 0. The Hall–Kier alpha value is 1.04. The molecule has 0 aliphatic carbocycles. The summed E-state index contributed by atoms with van der Waals surface area (Å²) in [6.07, 6.45) is 0. The monoisotopic (exact) mass is 317 g/mol. The van der Waals surface area contributed by atoms with Crippen LogP contribution in [-0.2, 0) is 0 Å². The van der Waals surface area contributed by atoms with E-state index in [2.05, 4.69) is 0 Å². The van der Waals surface area contributed by atoms with Crippen LogP contribution >= 0.6 is 0 Å². The Morgan fingerprint density at radius 1 is 0.857 bits per heavy atom. The molecule has 4 nitrogen and oxygen atoms in total. The topological polar surface area (TPSA) is 80.9 Å². The molecule has 0 bridgehead atoms. The Morgan fingerprint density at radius 3 is 0.857 bits per heavy atom. The van der Waals surface area contributed by atoms with Crippen molar-refractivity contribution in [2.45, 2.75) is 0 Å². The first-order valence-electron chi connectivity index (χ1n) is 0.894. The van der Waals surface area contributed by atoms with Crippen LogP contribution in [0, 0.1) is 0 Å². The minimum absolute atomic E-state index is 0. The summed E-state index contributed by atoms with van der Waals surface area (Å²) in [5.41, 5.74) is 0. The first kappa shape index (κ1) is 15.7. The van der Waals surface area contributed by atoms with Crippen molar-refractivity contribution in [2.24, 2.45) is 0 Å². The molecule has 41 valence electrons. The predicted molar refractivity (Wildman–Crippen MR) is 28.9 cm³/mol. The Balaban J connectivity index is -0.0000000800. The molecule has 7 heteroatoms. The molecule has 0 atom stereocenters. The molecule has 0 aliphatic heterocycles. The summed E-state index contributed by atoms with van der Waals surface area (Å²) in [5.74, 6) is 0. The van der Waals surface area contributed by atoms with Gasteiger partial charge in [-0.1, -0.05) is 0 Å². The van der Waals surface area contributed by atoms with Gasteiger partial charge in [-0.15, -0.1) is 0 Å². The van der Waals surface area contributed by atoms with Crippen molar-refractivity contribution < 1.29 is 19.2 Å². The minimum atomic E-state index is -4.61. The summed E-state index contributed by atoms with van der Waals surface area (Å²) in [7, 11) is -4.61. The van der Waals surface area contributed by atoms with Gasteiger partial charge >= 0.3 is 36.3 Å². The van der Waals surface area contributed by atoms with Crippen LogP contribution in [0.25, 0.3) is 0 Å². The SMILES string of the molecule is O[Si](O)(O)O.[B].[PbH2]. The third-order valence-corrected chi connectivity index (χ3v) is 0. The van der Waals surface area contributed by atoms with Crippen LogP contribution in [0.4, 0.5) is 0 Å². The maximum atomic E-state index is 7.33. The van der Waals surface area contributed by atoms with Gasteiger partial charge in [-0.05, 0) is 0 Å². The van der Waals surface area contributed by atoms with Crippen LogP contribution in [-0.4, -0.2) is 63.9 Å². The first-order valence-corrected chi connectivity index (χ1v) is 2.68. The normalized spacial score (nSPS) is 8.57. The molecule has 0 aromatic heterocycles. The molecule has 0 fully saturated rings. The fourth-order valence-electron chi connectivity index (χ4n) is 0. The van der Waals surface area contributed by atoms with Crippen molar-refractivity contribution in [1.82, 2.24) is 0 Å². The first-order chi connectivity index (χ1) is 2.00. The van der Waals surface area contributed by atoms with Crippen molar-refractivity contribution in [1.29, 1.82) is 0 Å². The van der Waals surface area contributed by atoms with E-state index in [1.807, 2.05) is 0 Å². The van der Waals surface area contributed by atoms with E-state index in [1.54, 1.807) is 0 Å². The predicted octanol–water partition coefficient (Wildman–Crippen LogP) is -3.91. The Morgan fingerprint density at radius 2 is 0.857 bits per heavy atom. The summed E-state index contributed by atoms with van der Waals surface area (Å²) >= 11 is 0. The molecule has 0 aromatic rings. The average molecular weight is 316 g/mol. The molecule has 0 amide bonds. The van der Waals surface area contributed by atoms with E-state index < -0.39 is 9.05 Å². The standard InChI is InChI=1S/B.H4O4Si.Pb.2H/c;1-5(2,3)4;;;/h;1-4H;;;. The molecule has 0 aromatic carbocycles. The maximum absolute atomic E-state index is 7.33. The Kier molecular flexibility index (Phi) is 11.6. The van der Waals surface area contributed by atoms with Gasteiger partial charge in [0.15, 0.2) is 0 Å². The molecule has 0 aliphatic rings. The fraction of sp³-hybridized carbons (Fsp3) is 0. The van der Waals surface area contributed by atoms with Gasteiger partial charge in [-0.25, -0.2) is 0 Å². The van der Waals surface area contributed by atoms with E-state index in [0.29, 0.717) is 0 Å².